The minimum atomic E-state index is -3.60. The van der Waals surface area contributed by atoms with E-state index in [1.807, 2.05) is 19.1 Å². The van der Waals surface area contributed by atoms with Crippen LogP contribution in [-0.2, 0) is 28.9 Å². The number of benzene rings is 2. The van der Waals surface area contributed by atoms with E-state index in [0.29, 0.717) is 58.1 Å². The van der Waals surface area contributed by atoms with E-state index in [1.54, 1.807) is 34.9 Å². The number of fused-ring (bicyclic) bond motifs is 2. The quantitative estimate of drug-likeness (QED) is 0.257. The molecule has 11 nitrogen and oxygen atoms in total. The molecule has 0 bridgehead atoms. The van der Waals surface area contributed by atoms with Crippen LogP contribution in [0.25, 0.3) is 22.3 Å². The summed E-state index contributed by atoms with van der Waals surface area (Å²) in [5.41, 5.74) is 1.29. The van der Waals surface area contributed by atoms with E-state index in [2.05, 4.69) is 9.97 Å². The lowest BCUT2D eigenvalue weighted by molar-refractivity contribution is 0.346. The molecule has 2 aromatic carbocycles. The lowest BCUT2D eigenvalue weighted by Crippen LogP contribution is -2.35. The Bertz CT molecular complexity index is 1970. The van der Waals surface area contributed by atoms with E-state index < -0.39 is 21.3 Å². The van der Waals surface area contributed by atoms with Gasteiger partial charge in [-0.1, -0.05) is 41.9 Å². The van der Waals surface area contributed by atoms with E-state index >= 15 is 0 Å². The normalized spacial score (nSPS) is 14.8. The number of hydrogen-bond acceptors (Lipinski definition) is 8. The lowest BCUT2D eigenvalue weighted by Gasteiger charge is -2.25. The van der Waals surface area contributed by atoms with Crippen molar-refractivity contribution in [2.45, 2.75) is 55.1 Å². The van der Waals surface area contributed by atoms with Crippen LogP contribution in [0.15, 0.2) is 66.6 Å². The first-order chi connectivity index (χ1) is 19.7. The van der Waals surface area contributed by atoms with Crippen LogP contribution in [0, 0.1) is 0 Å². The molecule has 1 aliphatic heterocycles. The standard InChI is InChI=1S/C27H27ClN6O5S2/c1-2-33-22(30-24-23(33)25(35)31-26(36)34(24)15-17-6-8-18(28)9-7-17)16-40-27-29-20-14-19(10-11-21(20)39-27)41(37,38)32-12-4-3-5-13-32/h6-11,14H,2-5,12-13,15-16H2,1H3,(H,31,35,36). The maximum absolute atomic E-state index is 13.1. The Morgan fingerprint density at radius 2 is 1.78 bits per heavy atom. The number of oxazole rings is 1. The number of hydrogen-bond donors (Lipinski definition) is 1. The van der Waals surface area contributed by atoms with Gasteiger partial charge in [-0.2, -0.15) is 4.31 Å². The van der Waals surface area contributed by atoms with Crippen molar-refractivity contribution in [1.82, 2.24) is 28.4 Å². The Morgan fingerprint density at radius 3 is 2.51 bits per heavy atom. The molecule has 0 amide bonds. The summed E-state index contributed by atoms with van der Waals surface area (Å²) in [7, 11) is -3.60. The number of nitrogens with one attached hydrogen (secondary N) is 1. The fourth-order valence-corrected chi connectivity index (χ4v) is 7.52. The fraction of sp³-hybridized carbons (Fsp3) is 0.333. The van der Waals surface area contributed by atoms with Crippen LogP contribution >= 0.6 is 23.4 Å². The molecule has 5 aromatic rings. The number of halogens is 1. The SMILES string of the molecule is CCn1c(CSc2nc3cc(S(=O)(=O)N4CCCCC4)ccc3o2)nc2c1c(=O)[nH]c(=O)n2Cc1ccc(Cl)cc1. The highest BCUT2D eigenvalue weighted by Gasteiger charge is 2.27. The highest BCUT2D eigenvalue weighted by atomic mass is 35.5. The summed E-state index contributed by atoms with van der Waals surface area (Å²) in [5, 5.41) is 0.927. The van der Waals surface area contributed by atoms with Crippen molar-refractivity contribution in [3.05, 3.63) is 79.7 Å². The topological polar surface area (TPSA) is 136 Å². The highest BCUT2D eigenvalue weighted by molar-refractivity contribution is 7.98. The number of H-pyrrole nitrogens is 1. The average Bonchev–Trinajstić information content (AvgIpc) is 3.56. The number of sulfonamides is 1. The summed E-state index contributed by atoms with van der Waals surface area (Å²) in [4.78, 5) is 37.4. The first-order valence-corrected chi connectivity index (χ1v) is 16.0. The first-order valence-electron chi connectivity index (χ1n) is 13.2. The number of aryl methyl sites for hydroxylation is 1. The van der Waals surface area contributed by atoms with Gasteiger partial charge in [-0.05, 0) is 55.7 Å². The second-order valence-corrected chi connectivity index (χ2v) is 13.1. The van der Waals surface area contributed by atoms with Gasteiger partial charge in [0.25, 0.3) is 10.8 Å². The third-order valence-corrected chi connectivity index (χ3v) is 10.1. The average molecular weight is 615 g/mol. The van der Waals surface area contributed by atoms with Crippen molar-refractivity contribution in [1.29, 1.82) is 0 Å². The maximum atomic E-state index is 13.1. The minimum absolute atomic E-state index is 0.197. The van der Waals surface area contributed by atoms with Crippen molar-refractivity contribution < 1.29 is 12.8 Å². The van der Waals surface area contributed by atoms with Crippen molar-refractivity contribution in [2.24, 2.45) is 0 Å². The Kier molecular flexibility index (Phi) is 7.53. The smallest absolute Gasteiger partial charge is 0.330 e. The molecule has 0 atom stereocenters. The van der Waals surface area contributed by atoms with Gasteiger partial charge in [0.05, 0.1) is 17.2 Å². The van der Waals surface area contributed by atoms with Crippen LogP contribution in [0.1, 0.15) is 37.6 Å². The van der Waals surface area contributed by atoms with Crippen LogP contribution in [0.2, 0.25) is 5.02 Å². The van der Waals surface area contributed by atoms with Gasteiger partial charge in [-0.25, -0.2) is 23.2 Å². The Morgan fingerprint density at radius 1 is 1.02 bits per heavy atom. The molecule has 0 spiro atoms. The number of nitrogens with zero attached hydrogens (tertiary/aromatic N) is 5. The number of thioether (sulfide) groups is 1. The van der Waals surface area contributed by atoms with Crippen molar-refractivity contribution >= 4 is 55.6 Å². The molecule has 0 saturated carbocycles. The summed E-state index contributed by atoms with van der Waals surface area (Å²) in [6.07, 6.45) is 2.76. The van der Waals surface area contributed by atoms with Crippen molar-refractivity contribution in [3.8, 4) is 0 Å². The number of imidazole rings is 1. The summed E-state index contributed by atoms with van der Waals surface area (Å²) >= 11 is 7.27. The van der Waals surface area contributed by atoms with Gasteiger partial charge in [-0.3, -0.25) is 14.3 Å². The summed E-state index contributed by atoms with van der Waals surface area (Å²) in [5.74, 6) is 0.882. The zero-order valence-corrected chi connectivity index (χ0v) is 24.6. The van der Waals surface area contributed by atoms with E-state index in [-0.39, 0.29) is 17.1 Å². The van der Waals surface area contributed by atoms with E-state index in [0.717, 1.165) is 24.8 Å². The van der Waals surface area contributed by atoms with Gasteiger partial charge in [0.2, 0.25) is 10.0 Å². The molecule has 0 unspecified atom stereocenters. The number of aromatic nitrogens is 5. The van der Waals surface area contributed by atoms with Gasteiger partial charge in [0.1, 0.15) is 11.3 Å². The maximum Gasteiger partial charge on any atom is 0.330 e. The van der Waals surface area contributed by atoms with Gasteiger partial charge in [-0.15, -0.1) is 0 Å². The van der Waals surface area contributed by atoms with E-state index in [4.69, 9.17) is 21.0 Å². The van der Waals surface area contributed by atoms with Crippen LogP contribution in [0.4, 0.5) is 0 Å². The molecule has 6 rings (SSSR count). The largest absolute Gasteiger partial charge is 0.431 e. The molecule has 1 aliphatic rings. The van der Waals surface area contributed by atoms with Crippen LogP contribution in [0.3, 0.4) is 0 Å². The molecule has 4 heterocycles. The van der Waals surface area contributed by atoms with Gasteiger partial charge < -0.3 is 8.98 Å². The zero-order valence-electron chi connectivity index (χ0n) is 22.2. The number of rotatable bonds is 8. The molecular weight excluding hydrogens is 588 g/mol. The molecule has 1 N–H and O–H groups in total. The zero-order chi connectivity index (χ0) is 28.7. The molecule has 3 aromatic heterocycles. The van der Waals surface area contributed by atoms with Crippen LogP contribution < -0.4 is 11.2 Å². The molecule has 41 heavy (non-hydrogen) atoms. The predicted molar refractivity (Wildman–Crippen MR) is 157 cm³/mol. The Balaban J connectivity index is 1.29. The monoisotopic (exact) mass is 614 g/mol. The number of piperidine rings is 1. The Hall–Kier alpha value is -3.39. The lowest BCUT2D eigenvalue weighted by atomic mass is 10.2. The van der Waals surface area contributed by atoms with Gasteiger partial charge in [0.15, 0.2) is 16.7 Å². The van der Waals surface area contributed by atoms with Crippen LogP contribution in [-0.4, -0.2) is 49.9 Å². The molecular formula is C27H27ClN6O5S2. The van der Waals surface area contributed by atoms with Gasteiger partial charge in [0, 0.05) is 24.7 Å². The van der Waals surface area contributed by atoms with Crippen molar-refractivity contribution in [2.75, 3.05) is 13.1 Å². The third-order valence-electron chi connectivity index (χ3n) is 7.15. The predicted octanol–water partition coefficient (Wildman–Crippen LogP) is 4.22. The Labute approximate surface area is 244 Å². The van der Waals surface area contributed by atoms with E-state index in [1.165, 1.54) is 20.6 Å². The second-order valence-electron chi connectivity index (χ2n) is 9.78. The van der Waals surface area contributed by atoms with E-state index in [9.17, 15) is 18.0 Å². The van der Waals surface area contributed by atoms with Gasteiger partial charge >= 0.3 is 5.69 Å². The summed E-state index contributed by atoms with van der Waals surface area (Å²) in [6, 6.07) is 11.8. The molecule has 214 valence electrons. The highest BCUT2D eigenvalue weighted by Crippen LogP contribution is 2.30. The number of aromatic amines is 1. The van der Waals surface area contributed by atoms with Crippen molar-refractivity contribution in [3.63, 3.8) is 0 Å². The molecule has 14 heteroatoms. The fourth-order valence-electron chi connectivity index (χ4n) is 5.08. The molecule has 1 fully saturated rings. The molecule has 0 radical (unpaired) electrons. The minimum Gasteiger partial charge on any atom is -0.431 e. The first kappa shape index (κ1) is 27.8. The molecule has 1 saturated heterocycles. The summed E-state index contributed by atoms with van der Waals surface area (Å²) in [6.45, 7) is 3.61. The molecule has 0 aliphatic carbocycles. The summed E-state index contributed by atoms with van der Waals surface area (Å²) < 4.78 is 36.8. The van der Waals surface area contributed by atoms with Crippen LogP contribution in [0.5, 0.6) is 0 Å². The second kappa shape index (κ2) is 11.1. The third kappa shape index (κ3) is 5.34.